The van der Waals surface area contributed by atoms with Gasteiger partial charge in [0.25, 0.3) is 0 Å². The second kappa shape index (κ2) is 11.2. The molecule has 0 spiro atoms. The number of rotatable bonds is 9. The van der Waals surface area contributed by atoms with E-state index >= 15 is 0 Å². The minimum Gasteiger partial charge on any atom is -0.491 e. The summed E-state index contributed by atoms with van der Waals surface area (Å²) in [6.45, 7) is 1.45. The van der Waals surface area contributed by atoms with Gasteiger partial charge in [-0.25, -0.2) is 9.97 Å². The minimum atomic E-state index is 0.0680. The number of hydrazone groups is 1. The first-order valence-electron chi connectivity index (χ1n) is 9.76. The Hall–Kier alpha value is -4.29. The number of hydrogen-bond donors (Lipinski definition) is 2. The number of ether oxygens (including phenoxy) is 2. The molecule has 0 aliphatic carbocycles. The smallest absolute Gasteiger partial charge is 0.221 e. The highest BCUT2D eigenvalue weighted by atomic mass is 16.5. The first-order valence-corrected chi connectivity index (χ1v) is 9.76. The molecule has 4 N–H and O–H groups in total. The van der Waals surface area contributed by atoms with Gasteiger partial charge in [0.1, 0.15) is 18.1 Å². The van der Waals surface area contributed by atoms with Crippen LogP contribution in [0.15, 0.2) is 64.7 Å². The van der Waals surface area contributed by atoms with Crippen molar-refractivity contribution < 1.29 is 9.47 Å². The third kappa shape index (κ3) is 6.10. The van der Waals surface area contributed by atoms with Crippen LogP contribution in [0.25, 0.3) is 11.3 Å². The van der Waals surface area contributed by atoms with E-state index in [2.05, 4.69) is 26.1 Å². The van der Waals surface area contributed by atoms with Crippen molar-refractivity contribution in [1.29, 1.82) is 5.26 Å². The molecule has 2 aromatic carbocycles. The molecule has 3 rings (SSSR count). The van der Waals surface area contributed by atoms with E-state index in [1.54, 1.807) is 37.6 Å². The zero-order valence-corrected chi connectivity index (χ0v) is 17.6. The van der Waals surface area contributed by atoms with Crippen molar-refractivity contribution in [2.45, 2.75) is 6.54 Å². The Morgan fingerprint density at radius 2 is 1.94 bits per heavy atom. The molecule has 0 saturated carbocycles. The Labute approximate surface area is 186 Å². The van der Waals surface area contributed by atoms with E-state index in [9.17, 15) is 0 Å². The van der Waals surface area contributed by atoms with Crippen molar-refractivity contribution in [2.24, 2.45) is 15.9 Å². The molecular weight excluding hydrogens is 406 g/mol. The Kier molecular flexibility index (Phi) is 7.84. The molecular formula is C23H23N7O2. The normalized spacial score (nSPS) is 11.4. The Morgan fingerprint density at radius 1 is 1.12 bits per heavy atom. The minimum absolute atomic E-state index is 0.0680. The first-order chi connectivity index (χ1) is 15.6. The van der Waals surface area contributed by atoms with Crippen LogP contribution < -0.4 is 16.3 Å². The number of aromatic nitrogens is 2. The summed E-state index contributed by atoms with van der Waals surface area (Å²) in [5, 5.41) is 12.9. The lowest BCUT2D eigenvalue weighted by atomic mass is 10.1. The number of methoxy groups -OCH3 is 1. The summed E-state index contributed by atoms with van der Waals surface area (Å²) in [6.07, 6.45) is 1.54. The molecule has 162 valence electrons. The number of nitrogens with zero attached hydrogens (tertiary/aromatic N) is 5. The van der Waals surface area contributed by atoms with Gasteiger partial charge in [0.05, 0.1) is 42.4 Å². The summed E-state index contributed by atoms with van der Waals surface area (Å²) in [5.74, 6) is 6.41. The van der Waals surface area contributed by atoms with Crippen LogP contribution in [0, 0.1) is 11.3 Å². The van der Waals surface area contributed by atoms with Crippen molar-refractivity contribution >= 4 is 17.9 Å². The van der Waals surface area contributed by atoms with Crippen molar-refractivity contribution in [3.63, 3.8) is 0 Å². The van der Waals surface area contributed by atoms with Crippen LogP contribution in [0.1, 0.15) is 16.8 Å². The highest BCUT2D eigenvalue weighted by Crippen LogP contribution is 2.20. The zero-order valence-electron chi connectivity index (χ0n) is 17.6. The van der Waals surface area contributed by atoms with Gasteiger partial charge in [-0.3, -0.25) is 4.99 Å². The molecule has 0 saturated heterocycles. The number of nitriles is 1. The van der Waals surface area contributed by atoms with Crippen LogP contribution in [0.2, 0.25) is 0 Å². The van der Waals surface area contributed by atoms with Crippen LogP contribution in [-0.2, 0) is 11.3 Å². The molecule has 0 unspecified atom stereocenters. The van der Waals surface area contributed by atoms with Crippen LogP contribution in [0.5, 0.6) is 5.75 Å². The molecule has 1 heterocycles. The number of benzene rings is 2. The Balaban J connectivity index is 1.72. The third-order valence-corrected chi connectivity index (χ3v) is 4.40. The largest absolute Gasteiger partial charge is 0.491 e. The van der Waals surface area contributed by atoms with Crippen LogP contribution in [-0.4, -0.2) is 42.2 Å². The quantitative estimate of drug-likeness (QED) is 0.230. The lowest BCUT2D eigenvalue weighted by Crippen LogP contribution is -2.11. The van der Waals surface area contributed by atoms with E-state index in [1.807, 2.05) is 30.3 Å². The van der Waals surface area contributed by atoms with E-state index < -0.39 is 0 Å². The van der Waals surface area contributed by atoms with Crippen molar-refractivity contribution in [3.05, 3.63) is 71.4 Å². The zero-order chi connectivity index (χ0) is 22.8. The molecule has 0 aliphatic heterocycles. The highest BCUT2D eigenvalue weighted by Gasteiger charge is 2.10. The maximum absolute atomic E-state index is 9.13. The molecule has 0 atom stereocenters. The standard InChI is InChI=1S/C23H23N7O2/c1-31-9-10-32-19-7-5-16(6-8-19)14-27-15-22(30-26)21-12-20(28-23(25)29-21)18-4-2-3-17(11-18)13-24/h2-8,11-12,15H,9-10,14,26H2,1H3,(H2,25,28,29). The summed E-state index contributed by atoms with van der Waals surface area (Å²) in [5.41, 5.74) is 9.49. The summed E-state index contributed by atoms with van der Waals surface area (Å²) >= 11 is 0. The fourth-order valence-corrected chi connectivity index (χ4v) is 2.83. The number of nitrogens with two attached hydrogens (primary N) is 2. The van der Waals surface area contributed by atoms with Crippen molar-refractivity contribution in [3.8, 4) is 23.1 Å². The van der Waals surface area contributed by atoms with Gasteiger partial charge in [-0.1, -0.05) is 24.3 Å². The molecule has 0 radical (unpaired) electrons. The molecule has 0 fully saturated rings. The maximum Gasteiger partial charge on any atom is 0.221 e. The van der Waals surface area contributed by atoms with Crippen LogP contribution in [0.3, 0.4) is 0 Å². The SMILES string of the molecule is COCCOc1ccc(CN=CC(=NN)c2cc(-c3cccc(C#N)c3)nc(N)n2)cc1. The molecule has 32 heavy (non-hydrogen) atoms. The fourth-order valence-electron chi connectivity index (χ4n) is 2.83. The molecule has 0 bridgehead atoms. The van der Waals surface area contributed by atoms with Gasteiger partial charge in [-0.15, -0.1) is 0 Å². The second-order valence-corrected chi connectivity index (χ2v) is 6.66. The lowest BCUT2D eigenvalue weighted by molar-refractivity contribution is 0.146. The Morgan fingerprint density at radius 3 is 2.66 bits per heavy atom. The molecule has 9 nitrogen and oxygen atoms in total. The number of aliphatic imine (C=N–C) groups is 1. The molecule has 0 amide bonds. The van der Waals surface area contributed by atoms with E-state index in [-0.39, 0.29) is 5.95 Å². The van der Waals surface area contributed by atoms with Gasteiger partial charge in [0.2, 0.25) is 5.95 Å². The lowest BCUT2D eigenvalue weighted by Gasteiger charge is -2.07. The van der Waals surface area contributed by atoms with Gasteiger partial charge in [0.15, 0.2) is 0 Å². The fraction of sp³-hybridized carbons (Fsp3) is 0.174. The third-order valence-electron chi connectivity index (χ3n) is 4.40. The molecule has 9 heteroatoms. The number of anilines is 1. The van der Waals surface area contributed by atoms with E-state index in [0.717, 1.165) is 16.9 Å². The summed E-state index contributed by atoms with van der Waals surface area (Å²) in [7, 11) is 1.63. The second-order valence-electron chi connectivity index (χ2n) is 6.66. The summed E-state index contributed by atoms with van der Waals surface area (Å²) in [4.78, 5) is 12.9. The molecule has 0 aliphatic rings. The number of hydrogen-bond acceptors (Lipinski definition) is 9. The van der Waals surface area contributed by atoms with E-state index in [1.165, 1.54) is 0 Å². The van der Waals surface area contributed by atoms with Gasteiger partial charge in [-0.2, -0.15) is 10.4 Å². The van der Waals surface area contributed by atoms with E-state index in [0.29, 0.717) is 42.4 Å². The molecule has 1 aromatic heterocycles. The predicted molar refractivity (Wildman–Crippen MR) is 123 cm³/mol. The Bertz CT molecular complexity index is 1150. The van der Waals surface area contributed by atoms with Crippen LogP contribution >= 0.6 is 0 Å². The van der Waals surface area contributed by atoms with Crippen molar-refractivity contribution in [2.75, 3.05) is 26.1 Å². The van der Waals surface area contributed by atoms with Gasteiger partial charge < -0.3 is 21.1 Å². The van der Waals surface area contributed by atoms with Gasteiger partial charge in [-0.05, 0) is 35.9 Å². The average molecular weight is 429 g/mol. The summed E-state index contributed by atoms with van der Waals surface area (Å²) < 4.78 is 10.5. The van der Waals surface area contributed by atoms with Gasteiger partial charge >= 0.3 is 0 Å². The maximum atomic E-state index is 9.13. The monoisotopic (exact) mass is 429 g/mol. The van der Waals surface area contributed by atoms with Crippen molar-refractivity contribution in [1.82, 2.24) is 9.97 Å². The molecule has 3 aromatic rings. The predicted octanol–water partition coefficient (Wildman–Crippen LogP) is 2.56. The topological polar surface area (TPSA) is 145 Å². The number of nitrogen functional groups attached to an aromatic ring is 1. The average Bonchev–Trinajstić information content (AvgIpc) is 2.82. The van der Waals surface area contributed by atoms with Crippen LogP contribution in [0.4, 0.5) is 5.95 Å². The highest BCUT2D eigenvalue weighted by molar-refractivity contribution is 6.37. The van der Waals surface area contributed by atoms with Gasteiger partial charge in [0, 0.05) is 12.7 Å². The van der Waals surface area contributed by atoms with E-state index in [4.69, 9.17) is 26.3 Å². The summed E-state index contributed by atoms with van der Waals surface area (Å²) in [6, 6.07) is 18.5. The first kappa shape index (κ1) is 22.4.